The summed E-state index contributed by atoms with van der Waals surface area (Å²) in [6.45, 7) is 0. The molecule has 0 spiro atoms. The summed E-state index contributed by atoms with van der Waals surface area (Å²) in [6, 6.07) is 66.7. The van der Waals surface area contributed by atoms with Crippen LogP contribution in [0.3, 0.4) is 0 Å². The Hall–Kier alpha value is -7.10. The SMILES string of the molecule is c1ccc(N(c2cc3ccccc3c3ccccc23)c2ccc(-c3cccc(-c4cccc5oc6ccccc6c45)c3)c3oc4ccccc4c23)cc1. The highest BCUT2D eigenvalue weighted by Gasteiger charge is 2.24. The van der Waals surface area contributed by atoms with E-state index in [4.69, 9.17) is 8.83 Å². The Morgan fingerprint density at radius 3 is 1.75 bits per heavy atom. The van der Waals surface area contributed by atoms with Crippen LogP contribution in [0.4, 0.5) is 17.1 Å². The minimum absolute atomic E-state index is 0.860. The van der Waals surface area contributed by atoms with Gasteiger partial charge in [-0.3, -0.25) is 0 Å². The largest absolute Gasteiger partial charge is 0.456 e. The predicted octanol–water partition coefficient (Wildman–Crippen LogP) is 14.6. The van der Waals surface area contributed by atoms with Crippen molar-refractivity contribution in [2.45, 2.75) is 0 Å². The van der Waals surface area contributed by atoms with Gasteiger partial charge in [0.1, 0.15) is 22.3 Å². The molecule has 0 N–H and O–H groups in total. The van der Waals surface area contributed by atoms with Crippen molar-refractivity contribution in [3.63, 3.8) is 0 Å². The van der Waals surface area contributed by atoms with Crippen molar-refractivity contribution >= 4 is 82.5 Å². The Labute approximate surface area is 305 Å². The molecule has 2 heterocycles. The van der Waals surface area contributed by atoms with Crippen LogP contribution in [0.1, 0.15) is 0 Å². The quantitative estimate of drug-likeness (QED) is 0.170. The molecule has 3 heteroatoms. The van der Waals surface area contributed by atoms with E-state index in [0.717, 1.165) is 83.2 Å². The molecule has 0 atom stereocenters. The van der Waals surface area contributed by atoms with E-state index < -0.39 is 0 Å². The van der Waals surface area contributed by atoms with Crippen LogP contribution in [0.5, 0.6) is 0 Å². The molecule has 0 amide bonds. The second-order valence-electron chi connectivity index (χ2n) is 13.6. The van der Waals surface area contributed by atoms with Crippen molar-refractivity contribution in [2.75, 3.05) is 4.90 Å². The number of rotatable bonds is 5. The van der Waals surface area contributed by atoms with Crippen LogP contribution in [0, 0.1) is 0 Å². The second kappa shape index (κ2) is 11.7. The zero-order chi connectivity index (χ0) is 34.9. The van der Waals surface area contributed by atoms with Crippen LogP contribution in [-0.4, -0.2) is 0 Å². The molecule has 11 aromatic rings. The molecule has 0 unspecified atom stereocenters. The van der Waals surface area contributed by atoms with Crippen molar-refractivity contribution in [2.24, 2.45) is 0 Å². The van der Waals surface area contributed by atoms with E-state index in [-0.39, 0.29) is 0 Å². The molecule has 2 aromatic heterocycles. The molecule has 3 nitrogen and oxygen atoms in total. The van der Waals surface area contributed by atoms with E-state index in [1.54, 1.807) is 0 Å². The maximum absolute atomic E-state index is 6.88. The van der Waals surface area contributed by atoms with Gasteiger partial charge >= 0.3 is 0 Å². The number of benzene rings is 9. The van der Waals surface area contributed by atoms with Gasteiger partial charge in [0.25, 0.3) is 0 Å². The molecule has 11 rings (SSSR count). The number of para-hydroxylation sites is 3. The predicted molar refractivity (Wildman–Crippen MR) is 222 cm³/mol. The Kier molecular flexibility index (Phi) is 6.55. The fraction of sp³-hybridized carbons (Fsp3) is 0. The summed E-state index contributed by atoms with van der Waals surface area (Å²) in [4.78, 5) is 2.41. The minimum atomic E-state index is 0.860. The van der Waals surface area contributed by atoms with Crippen molar-refractivity contribution in [3.05, 3.63) is 188 Å². The second-order valence-corrected chi connectivity index (χ2v) is 13.6. The molecule has 0 saturated carbocycles. The fourth-order valence-electron chi connectivity index (χ4n) is 8.30. The molecule has 0 fully saturated rings. The summed E-state index contributed by atoms with van der Waals surface area (Å²) in [5, 5.41) is 9.26. The number of furan rings is 2. The molecule has 248 valence electrons. The molecular weight excluding hydrogens is 647 g/mol. The standard InChI is InChI=1S/C50H31NO2/c1-2-17-35(18-3-1)51(44-31-34-14-4-5-19-36(34)39-20-6-7-21-40(39)44)43-29-28-38(50-49(43)42-23-9-11-26-46(42)53-50)33-16-12-15-32(30-33)37-24-13-27-47-48(37)41-22-8-10-25-45(41)52-47/h1-31H. The maximum Gasteiger partial charge on any atom is 0.145 e. The molecular formula is C50H31NO2. The van der Waals surface area contributed by atoms with Gasteiger partial charge in [0, 0.05) is 32.8 Å². The van der Waals surface area contributed by atoms with Gasteiger partial charge in [-0.05, 0) is 87.4 Å². The van der Waals surface area contributed by atoms with Crippen LogP contribution in [0.15, 0.2) is 197 Å². The Morgan fingerprint density at radius 1 is 0.340 bits per heavy atom. The third-order valence-corrected chi connectivity index (χ3v) is 10.6. The highest BCUT2D eigenvalue weighted by molar-refractivity contribution is 6.20. The van der Waals surface area contributed by atoms with Crippen molar-refractivity contribution in [3.8, 4) is 22.3 Å². The van der Waals surface area contributed by atoms with Crippen LogP contribution in [-0.2, 0) is 0 Å². The summed E-state index contributed by atoms with van der Waals surface area (Å²) < 4.78 is 13.1. The first-order valence-electron chi connectivity index (χ1n) is 18.0. The molecule has 0 saturated heterocycles. The fourth-order valence-corrected chi connectivity index (χ4v) is 8.30. The summed E-state index contributed by atoms with van der Waals surface area (Å²) in [7, 11) is 0. The molecule has 0 bridgehead atoms. The monoisotopic (exact) mass is 677 g/mol. The zero-order valence-corrected chi connectivity index (χ0v) is 28.7. The minimum Gasteiger partial charge on any atom is -0.456 e. The van der Waals surface area contributed by atoms with Gasteiger partial charge in [-0.15, -0.1) is 0 Å². The number of anilines is 3. The number of nitrogens with zero attached hydrogens (tertiary/aromatic N) is 1. The molecule has 53 heavy (non-hydrogen) atoms. The molecule has 0 aliphatic carbocycles. The molecule has 0 radical (unpaired) electrons. The lowest BCUT2D eigenvalue weighted by atomic mass is 9.94. The van der Waals surface area contributed by atoms with E-state index in [1.165, 1.54) is 21.5 Å². The van der Waals surface area contributed by atoms with E-state index in [2.05, 4.69) is 175 Å². The third kappa shape index (κ3) is 4.61. The Balaban J connectivity index is 1.17. The highest BCUT2D eigenvalue weighted by Crippen LogP contribution is 2.49. The number of fused-ring (bicyclic) bond motifs is 9. The first-order valence-corrected chi connectivity index (χ1v) is 18.0. The Bertz CT molecular complexity index is 3190. The van der Waals surface area contributed by atoms with Crippen molar-refractivity contribution < 1.29 is 8.83 Å². The van der Waals surface area contributed by atoms with E-state index >= 15 is 0 Å². The first-order chi connectivity index (χ1) is 26.3. The lowest BCUT2D eigenvalue weighted by Gasteiger charge is -2.28. The van der Waals surface area contributed by atoms with Crippen LogP contribution in [0.25, 0.3) is 87.7 Å². The van der Waals surface area contributed by atoms with E-state index in [0.29, 0.717) is 0 Å². The van der Waals surface area contributed by atoms with Crippen LogP contribution in [0.2, 0.25) is 0 Å². The highest BCUT2D eigenvalue weighted by atomic mass is 16.3. The summed E-state index contributed by atoms with van der Waals surface area (Å²) in [5.41, 5.74) is 11.2. The third-order valence-electron chi connectivity index (χ3n) is 10.6. The topological polar surface area (TPSA) is 29.5 Å². The molecule has 0 aliphatic heterocycles. The van der Waals surface area contributed by atoms with Gasteiger partial charge in [0.05, 0.1) is 16.8 Å². The van der Waals surface area contributed by atoms with Gasteiger partial charge < -0.3 is 13.7 Å². The molecule has 9 aromatic carbocycles. The lowest BCUT2D eigenvalue weighted by Crippen LogP contribution is -2.11. The van der Waals surface area contributed by atoms with Gasteiger partial charge in [0.15, 0.2) is 0 Å². The van der Waals surface area contributed by atoms with Gasteiger partial charge in [-0.2, -0.15) is 0 Å². The summed E-state index contributed by atoms with van der Waals surface area (Å²) in [5.74, 6) is 0. The molecule has 0 aliphatic rings. The maximum atomic E-state index is 6.88. The van der Waals surface area contributed by atoms with Gasteiger partial charge in [-0.1, -0.05) is 133 Å². The van der Waals surface area contributed by atoms with E-state index in [9.17, 15) is 0 Å². The average molecular weight is 678 g/mol. The average Bonchev–Trinajstić information content (AvgIpc) is 3.81. The first kappa shape index (κ1) is 29.6. The van der Waals surface area contributed by atoms with Gasteiger partial charge in [-0.25, -0.2) is 0 Å². The van der Waals surface area contributed by atoms with Crippen molar-refractivity contribution in [1.82, 2.24) is 0 Å². The van der Waals surface area contributed by atoms with Crippen LogP contribution < -0.4 is 4.90 Å². The normalized spacial score (nSPS) is 11.8. The smallest absolute Gasteiger partial charge is 0.145 e. The Morgan fingerprint density at radius 2 is 0.943 bits per heavy atom. The zero-order valence-electron chi connectivity index (χ0n) is 28.7. The van der Waals surface area contributed by atoms with E-state index in [1.807, 2.05) is 18.2 Å². The van der Waals surface area contributed by atoms with Gasteiger partial charge in [0.2, 0.25) is 0 Å². The summed E-state index contributed by atoms with van der Waals surface area (Å²) >= 11 is 0. The summed E-state index contributed by atoms with van der Waals surface area (Å²) in [6.07, 6.45) is 0. The lowest BCUT2D eigenvalue weighted by molar-refractivity contribution is 0.669. The van der Waals surface area contributed by atoms with Crippen molar-refractivity contribution in [1.29, 1.82) is 0 Å². The number of hydrogen-bond donors (Lipinski definition) is 0. The van der Waals surface area contributed by atoms with Crippen LogP contribution >= 0.6 is 0 Å². The number of hydrogen-bond acceptors (Lipinski definition) is 3.